The fourth-order valence-electron chi connectivity index (χ4n) is 1.84. The van der Waals surface area contributed by atoms with Crippen molar-refractivity contribution >= 4 is 5.82 Å². The summed E-state index contributed by atoms with van der Waals surface area (Å²) in [7, 11) is 2.06. The highest BCUT2D eigenvalue weighted by Crippen LogP contribution is 2.25. The molecule has 100 valence electrons. The van der Waals surface area contributed by atoms with Crippen LogP contribution < -0.4 is 15.0 Å². The summed E-state index contributed by atoms with van der Waals surface area (Å²) >= 11 is 0. The standard InChI is InChI=1S/C14H23N3O/c1-11(2)18-13-5-4-8-16-14(13)17(3)10-9-15-12-6-7-12/h4-5,8,11-12,15H,6-7,9-10H2,1-3H3. The van der Waals surface area contributed by atoms with E-state index in [-0.39, 0.29) is 6.10 Å². The van der Waals surface area contributed by atoms with Crippen molar-refractivity contribution in [2.45, 2.75) is 38.8 Å². The van der Waals surface area contributed by atoms with Crippen LogP contribution in [-0.2, 0) is 0 Å². The molecule has 18 heavy (non-hydrogen) atoms. The Morgan fingerprint density at radius 1 is 1.50 bits per heavy atom. The van der Waals surface area contributed by atoms with Crippen LogP contribution >= 0.6 is 0 Å². The summed E-state index contributed by atoms with van der Waals surface area (Å²) in [4.78, 5) is 6.56. The van der Waals surface area contributed by atoms with Crippen molar-refractivity contribution in [3.8, 4) is 5.75 Å². The average Bonchev–Trinajstić information content (AvgIpc) is 3.13. The van der Waals surface area contributed by atoms with Crippen molar-refractivity contribution in [1.82, 2.24) is 10.3 Å². The topological polar surface area (TPSA) is 37.4 Å². The van der Waals surface area contributed by atoms with Crippen LogP contribution in [0.4, 0.5) is 5.82 Å². The Hall–Kier alpha value is -1.29. The lowest BCUT2D eigenvalue weighted by Gasteiger charge is -2.22. The van der Waals surface area contributed by atoms with E-state index in [0.717, 1.165) is 30.7 Å². The molecule has 1 N–H and O–H groups in total. The average molecular weight is 249 g/mol. The minimum Gasteiger partial charge on any atom is -0.487 e. The van der Waals surface area contributed by atoms with Crippen LogP contribution in [0.25, 0.3) is 0 Å². The van der Waals surface area contributed by atoms with E-state index in [1.54, 1.807) is 0 Å². The number of hydrogen-bond acceptors (Lipinski definition) is 4. The fraction of sp³-hybridized carbons (Fsp3) is 0.643. The summed E-state index contributed by atoms with van der Waals surface area (Å²) in [6.07, 6.45) is 4.64. The van der Waals surface area contributed by atoms with Crippen molar-refractivity contribution in [2.24, 2.45) is 0 Å². The van der Waals surface area contributed by atoms with Gasteiger partial charge in [-0.3, -0.25) is 0 Å². The summed E-state index contributed by atoms with van der Waals surface area (Å²) in [5.74, 6) is 1.78. The molecule has 0 atom stereocenters. The maximum absolute atomic E-state index is 5.78. The van der Waals surface area contributed by atoms with Crippen molar-refractivity contribution in [3.63, 3.8) is 0 Å². The Labute approximate surface area is 109 Å². The van der Waals surface area contributed by atoms with Crippen LogP contribution in [0.5, 0.6) is 5.75 Å². The molecule has 4 heteroatoms. The quantitative estimate of drug-likeness (QED) is 0.802. The molecule has 0 spiro atoms. The zero-order valence-electron chi connectivity index (χ0n) is 11.5. The molecule has 0 radical (unpaired) electrons. The molecule has 1 aromatic rings. The van der Waals surface area contributed by atoms with Crippen LogP contribution in [-0.4, -0.2) is 37.3 Å². The van der Waals surface area contributed by atoms with Crippen LogP contribution in [0, 0.1) is 0 Å². The smallest absolute Gasteiger partial charge is 0.171 e. The molecule has 0 bridgehead atoms. The lowest BCUT2D eigenvalue weighted by Crippen LogP contribution is -2.31. The number of ether oxygens (including phenoxy) is 1. The van der Waals surface area contributed by atoms with Gasteiger partial charge in [-0.05, 0) is 38.8 Å². The largest absolute Gasteiger partial charge is 0.487 e. The molecule has 1 fully saturated rings. The molecule has 0 unspecified atom stereocenters. The van der Waals surface area contributed by atoms with Crippen LogP contribution in [0.15, 0.2) is 18.3 Å². The van der Waals surface area contributed by atoms with E-state index in [1.807, 2.05) is 32.2 Å². The maximum Gasteiger partial charge on any atom is 0.171 e. The van der Waals surface area contributed by atoms with Gasteiger partial charge in [0.25, 0.3) is 0 Å². The van der Waals surface area contributed by atoms with E-state index in [9.17, 15) is 0 Å². The number of likely N-dealkylation sites (N-methyl/N-ethyl adjacent to an activating group) is 1. The predicted molar refractivity (Wildman–Crippen MR) is 74.3 cm³/mol. The Kier molecular flexibility index (Phi) is 4.42. The van der Waals surface area contributed by atoms with Gasteiger partial charge in [0.05, 0.1) is 6.10 Å². The highest BCUT2D eigenvalue weighted by molar-refractivity contribution is 5.51. The molecule has 2 rings (SSSR count). The minimum absolute atomic E-state index is 0.172. The second-order valence-corrected chi connectivity index (χ2v) is 5.14. The number of hydrogen-bond donors (Lipinski definition) is 1. The van der Waals surface area contributed by atoms with Gasteiger partial charge >= 0.3 is 0 Å². The van der Waals surface area contributed by atoms with Gasteiger partial charge in [0.1, 0.15) is 0 Å². The number of nitrogens with one attached hydrogen (secondary N) is 1. The third-order valence-electron chi connectivity index (χ3n) is 2.93. The van der Waals surface area contributed by atoms with E-state index >= 15 is 0 Å². The predicted octanol–water partition coefficient (Wildman–Crippen LogP) is 2.06. The van der Waals surface area contributed by atoms with Crippen molar-refractivity contribution in [2.75, 3.05) is 25.0 Å². The Morgan fingerprint density at radius 3 is 2.94 bits per heavy atom. The van der Waals surface area contributed by atoms with Gasteiger partial charge in [-0.2, -0.15) is 0 Å². The molecular formula is C14H23N3O. The first kappa shape index (κ1) is 13.1. The normalized spacial score (nSPS) is 14.9. The summed E-state index contributed by atoms with van der Waals surface area (Å²) in [6.45, 7) is 6.01. The van der Waals surface area contributed by atoms with E-state index in [1.165, 1.54) is 12.8 Å². The lowest BCUT2D eigenvalue weighted by molar-refractivity contribution is 0.242. The third-order valence-corrected chi connectivity index (χ3v) is 2.93. The third kappa shape index (κ3) is 3.88. The maximum atomic E-state index is 5.78. The van der Waals surface area contributed by atoms with Crippen LogP contribution in [0.3, 0.4) is 0 Å². The number of anilines is 1. The SMILES string of the molecule is CC(C)Oc1cccnc1N(C)CCNC1CC1. The first-order valence-electron chi connectivity index (χ1n) is 6.73. The highest BCUT2D eigenvalue weighted by Gasteiger charge is 2.20. The Morgan fingerprint density at radius 2 is 2.28 bits per heavy atom. The van der Waals surface area contributed by atoms with E-state index < -0.39 is 0 Å². The number of aromatic nitrogens is 1. The zero-order valence-corrected chi connectivity index (χ0v) is 11.5. The first-order valence-corrected chi connectivity index (χ1v) is 6.73. The van der Waals surface area contributed by atoms with Gasteiger partial charge < -0.3 is 15.0 Å². The highest BCUT2D eigenvalue weighted by atomic mass is 16.5. The minimum atomic E-state index is 0.172. The van der Waals surface area contributed by atoms with Gasteiger partial charge in [-0.1, -0.05) is 0 Å². The molecule has 1 aromatic heterocycles. The summed E-state index contributed by atoms with van der Waals surface area (Å²) in [5.41, 5.74) is 0. The van der Waals surface area contributed by atoms with Gasteiger partial charge in [0, 0.05) is 32.4 Å². The molecular weight excluding hydrogens is 226 g/mol. The van der Waals surface area contributed by atoms with Crippen molar-refractivity contribution in [3.05, 3.63) is 18.3 Å². The molecule has 0 saturated heterocycles. The van der Waals surface area contributed by atoms with Gasteiger partial charge in [0.2, 0.25) is 0 Å². The summed E-state index contributed by atoms with van der Waals surface area (Å²) in [6, 6.07) is 4.65. The molecule has 0 amide bonds. The first-order chi connectivity index (χ1) is 8.66. The molecule has 1 saturated carbocycles. The van der Waals surface area contributed by atoms with E-state index in [2.05, 4.69) is 22.2 Å². The van der Waals surface area contributed by atoms with Crippen molar-refractivity contribution in [1.29, 1.82) is 0 Å². The van der Waals surface area contributed by atoms with E-state index in [0.29, 0.717) is 0 Å². The second kappa shape index (κ2) is 6.05. The van der Waals surface area contributed by atoms with Crippen LogP contribution in [0.2, 0.25) is 0 Å². The molecule has 1 aliphatic carbocycles. The molecule has 0 aromatic carbocycles. The van der Waals surface area contributed by atoms with Gasteiger partial charge in [0.15, 0.2) is 11.6 Å². The Bertz CT molecular complexity index is 377. The molecule has 4 nitrogen and oxygen atoms in total. The fourth-order valence-corrected chi connectivity index (χ4v) is 1.84. The summed E-state index contributed by atoms with van der Waals surface area (Å²) < 4.78 is 5.78. The monoisotopic (exact) mass is 249 g/mol. The van der Waals surface area contributed by atoms with Crippen LogP contribution in [0.1, 0.15) is 26.7 Å². The Balaban J connectivity index is 1.91. The number of nitrogens with zero attached hydrogens (tertiary/aromatic N) is 2. The molecule has 1 heterocycles. The van der Waals surface area contributed by atoms with E-state index in [4.69, 9.17) is 4.74 Å². The van der Waals surface area contributed by atoms with Gasteiger partial charge in [-0.15, -0.1) is 0 Å². The zero-order chi connectivity index (χ0) is 13.0. The number of rotatable bonds is 7. The lowest BCUT2D eigenvalue weighted by atomic mass is 10.3. The number of pyridine rings is 1. The molecule has 1 aliphatic rings. The molecule has 0 aliphatic heterocycles. The van der Waals surface area contributed by atoms with Crippen molar-refractivity contribution < 1.29 is 4.74 Å². The second-order valence-electron chi connectivity index (χ2n) is 5.14. The van der Waals surface area contributed by atoms with Gasteiger partial charge in [-0.25, -0.2) is 4.98 Å². The summed E-state index contributed by atoms with van der Waals surface area (Å²) in [5, 5.41) is 3.51.